The maximum Gasteiger partial charge on any atom is 0.145 e. The highest BCUT2D eigenvalue weighted by atomic mass is 16.5. The predicted molar refractivity (Wildman–Crippen MR) is 78.9 cm³/mol. The Morgan fingerprint density at radius 2 is 1.90 bits per heavy atom. The Balaban J connectivity index is 1.84. The van der Waals surface area contributed by atoms with Crippen LogP contribution in [0.15, 0.2) is 48.5 Å². The molecule has 0 saturated heterocycles. The molecular weight excluding hydrogens is 250 g/mol. The quantitative estimate of drug-likeness (QED) is 0.870. The first-order valence-electron chi connectivity index (χ1n) is 6.83. The van der Waals surface area contributed by atoms with Crippen molar-refractivity contribution in [3.63, 3.8) is 0 Å². The lowest BCUT2D eigenvalue weighted by Gasteiger charge is -2.25. The van der Waals surface area contributed by atoms with Crippen LogP contribution >= 0.6 is 0 Å². The van der Waals surface area contributed by atoms with Crippen LogP contribution in [0.3, 0.4) is 0 Å². The number of ether oxygens (including phenoxy) is 1. The Bertz CT molecular complexity index is 636. The first kappa shape index (κ1) is 12.7. The second-order valence-corrected chi connectivity index (χ2v) is 5.07. The molecule has 0 bridgehead atoms. The van der Waals surface area contributed by atoms with E-state index in [9.17, 15) is 4.79 Å². The molecule has 0 spiro atoms. The highest BCUT2D eigenvalue weighted by Crippen LogP contribution is 2.34. The van der Waals surface area contributed by atoms with Gasteiger partial charge >= 0.3 is 0 Å². The van der Waals surface area contributed by atoms with Crippen LogP contribution in [0.1, 0.15) is 23.5 Å². The number of nitrogen functional groups attached to an aromatic ring is 1. The molecule has 0 aromatic heterocycles. The summed E-state index contributed by atoms with van der Waals surface area (Å²) in [5, 5.41) is 0. The van der Waals surface area contributed by atoms with Gasteiger partial charge < -0.3 is 10.5 Å². The summed E-state index contributed by atoms with van der Waals surface area (Å²) >= 11 is 0. The number of hydrogen-bond donors (Lipinski definition) is 1. The van der Waals surface area contributed by atoms with Gasteiger partial charge in [-0.05, 0) is 24.1 Å². The van der Waals surface area contributed by atoms with E-state index in [4.69, 9.17) is 10.5 Å². The number of carbonyl (C=O) groups is 1. The van der Waals surface area contributed by atoms with E-state index in [1.807, 2.05) is 48.5 Å². The van der Waals surface area contributed by atoms with Crippen molar-refractivity contribution in [1.82, 2.24) is 0 Å². The molecule has 0 amide bonds. The van der Waals surface area contributed by atoms with Crippen molar-refractivity contribution in [3.8, 4) is 5.75 Å². The molecule has 2 aromatic rings. The summed E-state index contributed by atoms with van der Waals surface area (Å²) in [5.74, 6) is 0.955. The maximum atomic E-state index is 12.6. The summed E-state index contributed by atoms with van der Waals surface area (Å²) in [6.45, 7) is 0.595. The van der Waals surface area contributed by atoms with Gasteiger partial charge in [0.25, 0.3) is 0 Å². The van der Waals surface area contributed by atoms with E-state index in [0.717, 1.165) is 23.3 Å². The van der Waals surface area contributed by atoms with Gasteiger partial charge in [-0.2, -0.15) is 0 Å². The average molecular weight is 267 g/mol. The highest BCUT2D eigenvalue weighted by Gasteiger charge is 2.27. The third-order valence-corrected chi connectivity index (χ3v) is 3.77. The fourth-order valence-electron chi connectivity index (χ4n) is 2.68. The summed E-state index contributed by atoms with van der Waals surface area (Å²) in [7, 11) is 0. The molecule has 3 nitrogen and oxygen atoms in total. The average Bonchev–Trinajstić information content (AvgIpc) is 2.49. The van der Waals surface area contributed by atoms with Crippen molar-refractivity contribution in [2.75, 3.05) is 12.3 Å². The van der Waals surface area contributed by atoms with E-state index < -0.39 is 0 Å². The molecule has 0 saturated carbocycles. The van der Waals surface area contributed by atoms with Crippen LogP contribution in [-0.2, 0) is 11.2 Å². The van der Waals surface area contributed by atoms with Gasteiger partial charge in [-0.1, -0.05) is 36.4 Å². The number of benzene rings is 2. The first-order chi connectivity index (χ1) is 9.75. The Labute approximate surface area is 118 Å². The van der Waals surface area contributed by atoms with Crippen LogP contribution in [0.2, 0.25) is 0 Å². The molecule has 2 aromatic carbocycles. The Morgan fingerprint density at radius 3 is 2.75 bits per heavy atom. The van der Waals surface area contributed by atoms with Gasteiger partial charge in [0.05, 0.1) is 6.61 Å². The van der Waals surface area contributed by atoms with E-state index in [-0.39, 0.29) is 11.7 Å². The van der Waals surface area contributed by atoms with Gasteiger partial charge in [-0.15, -0.1) is 0 Å². The van der Waals surface area contributed by atoms with Crippen LogP contribution in [0.25, 0.3) is 0 Å². The van der Waals surface area contributed by atoms with Crippen LogP contribution in [0, 0.1) is 0 Å². The Kier molecular flexibility index (Phi) is 3.42. The van der Waals surface area contributed by atoms with Gasteiger partial charge in [0.15, 0.2) is 0 Å². The van der Waals surface area contributed by atoms with Gasteiger partial charge in [0.1, 0.15) is 11.5 Å². The normalized spacial score (nSPS) is 17.1. The molecule has 1 unspecified atom stereocenters. The minimum absolute atomic E-state index is 0.0837. The molecule has 0 aliphatic carbocycles. The topological polar surface area (TPSA) is 52.3 Å². The van der Waals surface area contributed by atoms with Crippen molar-refractivity contribution in [3.05, 3.63) is 59.7 Å². The number of para-hydroxylation sites is 2. The number of nitrogens with two attached hydrogens (primary N) is 1. The van der Waals surface area contributed by atoms with E-state index in [1.54, 1.807) is 0 Å². The second kappa shape index (κ2) is 5.37. The smallest absolute Gasteiger partial charge is 0.145 e. The predicted octanol–water partition coefficient (Wildman–Crippen LogP) is 2.95. The Hall–Kier alpha value is -2.29. The minimum Gasteiger partial charge on any atom is -0.493 e. The third kappa shape index (κ3) is 2.39. The molecule has 2 N–H and O–H groups in total. The maximum absolute atomic E-state index is 12.6. The van der Waals surface area contributed by atoms with Crippen LogP contribution < -0.4 is 10.5 Å². The van der Waals surface area contributed by atoms with Crippen molar-refractivity contribution in [2.45, 2.75) is 18.8 Å². The van der Waals surface area contributed by atoms with Crippen molar-refractivity contribution >= 4 is 11.5 Å². The molecule has 1 aliphatic heterocycles. The third-order valence-electron chi connectivity index (χ3n) is 3.77. The highest BCUT2D eigenvalue weighted by molar-refractivity contribution is 5.89. The summed E-state index contributed by atoms with van der Waals surface area (Å²) < 4.78 is 5.60. The summed E-state index contributed by atoms with van der Waals surface area (Å²) in [5.41, 5.74) is 8.50. The molecule has 1 aliphatic rings. The van der Waals surface area contributed by atoms with Gasteiger partial charge in [-0.3, -0.25) is 4.79 Å². The lowest BCUT2D eigenvalue weighted by molar-refractivity contribution is -0.120. The van der Waals surface area contributed by atoms with E-state index in [1.165, 1.54) is 0 Å². The summed E-state index contributed by atoms with van der Waals surface area (Å²) in [6, 6.07) is 15.3. The molecule has 1 heterocycles. The molecule has 0 radical (unpaired) electrons. The van der Waals surface area contributed by atoms with Crippen molar-refractivity contribution in [1.29, 1.82) is 0 Å². The lowest BCUT2D eigenvalue weighted by atomic mass is 9.86. The van der Waals surface area contributed by atoms with Crippen molar-refractivity contribution < 1.29 is 9.53 Å². The van der Waals surface area contributed by atoms with E-state index in [2.05, 4.69) is 0 Å². The van der Waals surface area contributed by atoms with Gasteiger partial charge in [-0.25, -0.2) is 0 Å². The Morgan fingerprint density at radius 1 is 1.15 bits per heavy atom. The molecule has 3 heteroatoms. The number of Topliss-reactive ketones (excluding diaryl/α,β-unsaturated/α-hetero) is 1. The second-order valence-electron chi connectivity index (χ2n) is 5.07. The van der Waals surface area contributed by atoms with Crippen LogP contribution in [-0.4, -0.2) is 12.4 Å². The minimum atomic E-state index is -0.0837. The summed E-state index contributed by atoms with van der Waals surface area (Å²) in [4.78, 5) is 12.6. The number of carbonyl (C=O) groups excluding carboxylic acids is 1. The van der Waals surface area contributed by atoms with Crippen LogP contribution in [0.4, 0.5) is 5.69 Å². The van der Waals surface area contributed by atoms with E-state index in [0.29, 0.717) is 18.7 Å². The summed E-state index contributed by atoms with van der Waals surface area (Å²) in [6.07, 6.45) is 1.12. The molecule has 20 heavy (non-hydrogen) atoms. The molecular formula is C17H17NO2. The number of fused-ring (bicyclic) bond motifs is 1. The van der Waals surface area contributed by atoms with Crippen molar-refractivity contribution in [2.24, 2.45) is 0 Å². The SMILES string of the molecule is Nc1ccccc1CC(=O)C1CCOc2ccccc21. The van der Waals surface area contributed by atoms with E-state index >= 15 is 0 Å². The number of ketones is 1. The molecule has 3 rings (SSSR count). The number of rotatable bonds is 3. The molecule has 1 atom stereocenters. The zero-order valence-electron chi connectivity index (χ0n) is 11.2. The molecule has 0 fully saturated rings. The largest absolute Gasteiger partial charge is 0.493 e. The fraction of sp³-hybridized carbons (Fsp3) is 0.235. The first-order valence-corrected chi connectivity index (χ1v) is 6.83. The lowest BCUT2D eigenvalue weighted by Crippen LogP contribution is -2.22. The fourth-order valence-corrected chi connectivity index (χ4v) is 2.68. The van der Waals surface area contributed by atoms with Gasteiger partial charge in [0, 0.05) is 23.6 Å². The number of anilines is 1. The monoisotopic (exact) mass is 267 g/mol. The van der Waals surface area contributed by atoms with Crippen LogP contribution in [0.5, 0.6) is 5.75 Å². The van der Waals surface area contributed by atoms with Gasteiger partial charge in [0.2, 0.25) is 0 Å². The zero-order valence-corrected chi connectivity index (χ0v) is 11.2. The molecule has 102 valence electrons. The standard InChI is InChI=1S/C17H17NO2/c18-15-7-3-1-5-12(15)11-16(19)13-9-10-20-17-8-4-2-6-14(13)17/h1-8,13H,9-11,18H2. The zero-order chi connectivity index (χ0) is 13.9. The number of hydrogen-bond acceptors (Lipinski definition) is 3.